The number of aromatic nitrogens is 3. The van der Waals surface area contributed by atoms with Gasteiger partial charge in [0, 0.05) is 0 Å². The molecule has 0 aliphatic heterocycles. The zero-order valence-corrected chi connectivity index (χ0v) is 10.2. The zero-order chi connectivity index (χ0) is 13.1. The van der Waals surface area contributed by atoms with Crippen molar-refractivity contribution in [2.45, 2.75) is 12.1 Å². The van der Waals surface area contributed by atoms with Gasteiger partial charge >= 0.3 is 0 Å². The van der Waals surface area contributed by atoms with Gasteiger partial charge in [-0.05, 0) is 25.1 Å². The lowest BCUT2D eigenvalue weighted by molar-refractivity contribution is 0.101. The molecule has 0 unspecified atom stereocenters. The van der Waals surface area contributed by atoms with Crippen molar-refractivity contribution in [3.8, 4) is 0 Å². The number of benzene rings is 1. The second-order valence-electron chi connectivity index (χ2n) is 3.54. The highest BCUT2D eigenvalue weighted by atomic mass is 32.2. The van der Waals surface area contributed by atoms with E-state index in [4.69, 9.17) is 0 Å². The van der Waals surface area contributed by atoms with Gasteiger partial charge in [0.2, 0.25) is 5.16 Å². The van der Waals surface area contributed by atoms with E-state index in [1.54, 1.807) is 6.92 Å². The average Bonchev–Trinajstić information content (AvgIpc) is 2.75. The second kappa shape index (κ2) is 5.26. The van der Waals surface area contributed by atoms with Crippen LogP contribution in [-0.2, 0) is 0 Å². The van der Waals surface area contributed by atoms with Gasteiger partial charge in [-0.3, -0.25) is 9.89 Å². The number of H-pyrrole nitrogens is 1. The Balaban J connectivity index is 2.05. The summed E-state index contributed by atoms with van der Waals surface area (Å²) < 4.78 is 26.2. The maximum atomic E-state index is 13.3. The molecule has 4 nitrogen and oxygen atoms in total. The van der Waals surface area contributed by atoms with Crippen LogP contribution in [0.4, 0.5) is 8.78 Å². The van der Waals surface area contributed by atoms with Gasteiger partial charge in [-0.15, -0.1) is 5.10 Å². The van der Waals surface area contributed by atoms with Crippen LogP contribution in [0.15, 0.2) is 23.4 Å². The topological polar surface area (TPSA) is 58.6 Å². The number of aryl methyl sites for hydroxylation is 1. The molecule has 0 atom stereocenters. The molecule has 0 fully saturated rings. The quantitative estimate of drug-likeness (QED) is 0.684. The molecule has 1 aromatic heterocycles. The van der Waals surface area contributed by atoms with Crippen LogP contribution in [0.1, 0.15) is 16.2 Å². The molecule has 0 saturated heterocycles. The first-order chi connectivity index (χ1) is 8.56. The first kappa shape index (κ1) is 12.7. The van der Waals surface area contributed by atoms with Crippen molar-refractivity contribution >= 4 is 17.5 Å². The van der Waals surface area contributed by atoms with Gasteiger partial charge in [0.15, 0.2) is 5.78 Å². The molecule has 0 amide bonds. The highest BCUT2D eigenvalue weighted by molar-refractivity contribution is 7.99. The Bertz CT molecular complexity index is 585. The minimum Gasteiger partial charge on any atom is -0.293 e. The molecule has 2 aromatic rings. The summed E-state index contributed by atoms with van der Waals surface area (Å²) in [6.07, 6.45) is 0. The molecule has 1 heterocycles. The lowest BCUT2D eigenvalue weighted by Gasteiger charge is -2.01. The van der Waals surface area contributed by atoms with Gasteiger partial charge in [-0.2, -0.15) is 0 Å². The van der Waals surface area contributed by atoms with Gasteiger partial charge < -0.3 is 0 Å². The van der Waals surface area contributed by atoms with E-state index in [0.717, 1.165) is 30.0 Å². The number of nitrogens with one attached hydrogen (secondary N) is 1. The number of halogens is 2. The third-order valence-corrected chi connectivity index (χ3v) is 2.99. The number of aromatic amines is 1. The Hall–Kier alpha value is -1.76. The summed E-state index contributed by atoms with van der Waals surface area (Å²) in [7, 11) is 0. The standard InChI is InChI=1S/C11H9F2N3OS/c1-6-14-11(16-15-6)18-5-10(17)8-4-7(12)2-3-9(8)13/h2-4H,5H2,1H3,(H,14,15,16). The number of Topliss-reactive ketones (excluding diaryl/α,β-unsaturated/α-hetero) is 1. The number of rotatable bonds is 4. The van der Waals surface area contributed by atoms with Crippen LogP contribution in [0.2, 0.25) is 0 Å². The van der Waals surface area contributed by atoms with Gasteiger partial charge in [0.25, 0.3) is 0 Å². The predicted octanol–water partition coefficient (Wildman–Crippen LogP) is 2.37. The Morgan fingerprint density at radius 3 is 2.89 bits per heavy atom. The van der Waals surface area contributed by atoms with E-state index in [9.17, 15) is 13.6 Å². The molecule has 0 saturated carbocycles. The number of hydrogen-bond acceptors (Lipinski definition) is 4. The van der Waals surface area contributed by atoms with Crippen LogP contribution in [-0.4, -0.2) is 26.7 Å². The van der Waals surface area contributed by atoms with E-state index in [-0.39, 0.29) is 11.3 Å². The lowest BCUT2D eigenvalue weighted by atomic mass is 10.1. The third kappa shape index (κ3) is 2.92. The Morgan fingerprint density at radius 2 is 2.22 bits per heavy atom. The molecule has 0 spiro atoms. The monoisotopic (exact) mass is 269 g/mol. The van der Waals surface area contributed by atoms with Gasteiger partial charge in [0.05, 0.1) is 11.3 Å². The fraction of sp³-hybridized carbons (Fsp3) is 0.182. The Kier molecular flexibility index (Phi) is 3.71. The van der Waals surface area contributed by atoms with Crippen molar-refractivity contribution in [1.82, 2.24) is 15.2 Å². The fourth-order valence-electron chi connectivity index (χ4n) is 1.31. The van der Waals surface area contributed by atoms with Crippen molar-refractivity contribution in [3.63, 3.8) is 0 Å². The van der Waals surface area contributed by atoms with Gasteiger partial charge in [0.1, 0.15) is 17.5 Å². The molecule has 1 N–H and O–H groups in total. The van der Waals surface area contributed by atoms with Crippen molar-refractivity contribution in [3.05, 3.63) is 41.2 Å². The number of carbonyl (C=O) groups excluding carboxylic acids is 1. The summed E-state index contributed by atoms with van der Waals surface area (Å²) in [4.78, 5) is 15.7. The number of nitrogens with zero attached hydrogens (tertiary/aromatic N) is 2. The molecule has 1 aromatic carbocycles. The average molecular weight is 269 g/mol. The molecule has 7 heteroatoms. The zero-order valence-electron chi connectivity index (χ0n) is 9.41. The van der Waals surface area contributed by atoms with Gasteiger partial charge in [-0.25, -0.2) is 13.8 Å². The smallest absolute Gasteiger partial charge is 0.208 e. The van der Waals surface area contributed by atoms with E-state index in [1.165, 1.54) is 0 Å². The number of ketones is 1. The largest absolute Gasteiger partial charge is 0.293 e. The highest BCUT2D eigenvalue weighted by Crippen LogP contribution is 2.17. The number of thioether (sulfide) groups is 1. The molecular weight excluding hydrogens is 260 g/mol. The predicted molar refractivity (Wildman–Crippen MR) is 62.5 cm³/mol. The SMILES string of the molecule is Cc1nc(SCC(=O)c2cc(F)ccc2F)n[nH]1. The summed E-state index contributed by atoms with van der Waals surface area (Å²) in [6, 6.07) is 2.80. The molecule has 0 aliphatic rings. The summed E-state index contributed by atoms with van der Waals surface area (Å²) in [5.74, 6) is -1.29. The van der Waals surface area contributed by atoms with E-state index >= 15 is 0 Å². The van der Waals surface area contributed by atoms with E-state index < -0.39 is 17.4 Å². The van der Waals surface area contributed by atoms with Crippen LogP contribution in [0.5, 0.6) is 0 Å². The summed E-state index contributed by atoms with van der Waals surface area (Å²) in [6.45, 7) is 1.73. The van der Waals surface area contributed by atoms with Crippen LogP contribution in [0, 0.1) is 18.6 Å². The molecule has 2 rings (SSSR count). The van der Waals surface area contributed by atoms with E-state index in [2.05, 4.69) is 15.2 Å². The van der Waals surface area contributed by atoms with E-state index in [0.29, 0.717) is 11.0 Å². The first-order valence-electron chi connectivity index (χ1n) is 5.06. The minimum atomic E-state index is -0.729. The Labute approximate surface area is 106 Å². The molecule has 94 valence electrons. The highest BCUT2D eigenvalue weighted by Gasteiger charge is 2.14. The summed E-state index contributed by atoms with van der Waals surface area (Å²) in [5, 5.41) is 6.85. The summed E-state index contributed by atoms with van der Waals surface area (Å²) in [5.41, 5.74) is -0.255. The maximum Gasteiger partial charge on any atom is 0.208 e. The molecule has 0 bridgehead atoms. The second-order valence-corrected chi connectivity index (χ2v) is 4.48. The minimum absolute atomic E-state index is 0.0440. The third-order valence-electron chi connectivity index (χ3n) is 2.14. The number of carbonyl (C=O) groups is 1. The molecular formula is C11H9F2N3OS. The molecule has 18 heavy (non-hydrogen) atoms. The molecule has 0 radical (unpaired) electrons. The van der Waals surface area contributed by atoms with Crippen molar-refractivity contribution < 1.29 is 13.6 Å². The van der Waals surface area contributed by atoms with Gasteiger partial charge in [-0.1, -0.05) is 11.8 Å². The van der Waals surface area contributed by atoms with Crippen LogP contribution in [0.25, 0.3) is 0 Å². The van der Waals surface area contributed by atoms with Crippen molar-refractivity contribution in [2.24, 2.45) is 0 Å². The number of hydrogen-bond donors (Lipinski definition) is 1. The summed E-state index contributed by atoms with van der Waals surface area (Å²) >= 11 is 1.07. The fourth-order valence-corrected chi connectivity index (χ4v) is 2.03. The Morgan fingerprint density at radius 1 is 1.44 bits per heavy atom. The van der Waals surface area contributed by atoms with E-state index in [1.807, 2.05) is 0 Å². The maximum absolute atomic E-state index is 13.3. The lowest BCUT2D eigenvalue weighted by Crippen LogP contribution is -2.06. The van der Waals surface area contributed by atoms with Crippen LogP contribution >= 0.6 is 11.8 Å². The van der Waals surface area contributed by atoms with Crippen molar-refractivity contribution in [2.75, 3.05) is 5.75 Å². The first-order valence-corrected chi connectivity index (χ1v) is 6.05. The van der Waals surface area contributed by atoms with Crippen LogP contribution < -0.4 is 0 Å². The normalized spacial score (nSPS) is 10.6. The van der Waals surface area contributed by atoms with Crippen molar-refractivity contribution in [1.29, 1.82) is 0 Å². The van der Waals surface area contributed by atoms with Crippen LogP contribution in [0.3, 0.4) is 0 Å². The molecule has 0 aliphatic carbocycles.